The second-order valence-electron chi connectivity index (χ2n) is 3.14. The summed E-state index contributed by atoms with van der Waals surface area (Å²) in [6.45, 7) is 2.16. The van der Waals surface area contributed by atoms with E-state index in [0.29, 0.717) is 18.4 Å². The van der Waals surface area contributed by atoms with Crippen molar-refractivity contribution >= 4 is 23.6 Å². The van der Waals surface area contributed by atoms with Gasteiger partial charge in [-0.1, -0.05) is 0 Å². The number of amides is 1. The highest BCUT2D eigenvalue weighted by molar-refractivity contribution is 8.00. The lowest BCUT2D eigenvalue weighted by atomic mass is 10.6. The second kappa shape index (κ2) is 5.90. The van der Waals surface area contributed by atoms with E-state index in [9.17, 15) is 9.59 Å². The van der Waals surface area contributed by atoms with Crippen LogP contribution in [0.1, 0.15) is 19.8 Å². The molecule has 5 heteroatoms. The number of carbonyl (C=O) groups excluding carboxylic acids is 2. The Balaban J connectivity index is 1.96. The van der Waals surface area contributed by atoms with Gasteiger partial charge in [0.2, 0.25) is 5.91 Å². The maximum atomic E-state index is 11.1. The first-order chi connectivity index (χ1) is 6.72. The molecule has 0 bridgehead atoms. The van der Waals surface area contributed by atoms with Crippen molar-refractivity contribution in [2.75, 3.05) is 18.1 Å². The van der Waals surface area contributed by atoms with Crippen molar-refractivity contribution in [2.45, 2.75) is 25.8 Å². The van der Waals surface area contributed by atoms with Crippen LogP contribution in [0.4, 0.5) is 0 Å². The van der Waals surface area contributed by atoms with Crippen LogP contribution in [0.2, 0.25) is 0 Å². The van der Waals surface area contributed by atoms with Crippen molar-refractivity contribution < 1.29 is 14.3 Å². The fourth-order valence-corrected chi connectivity index (χ4v) is 1.55. The van der Waals surface area contributed by atoms with Gasteiger partial charge < -0.3 is 10.1 Å². The Bertz CT molecular complexity index is 216. The molecule has 0 unspecified atom stereocenters. The molecule has 1 fully saturated rings. The van der Waals surface area contributed by atoms with Gasteiger partial charge in [-0.3, -0.25) is 9.59 Å². The molecule has 0 aromatic carbocycles. The summed E-state index contributed by atoms with van der Waals surface area (Å²) in [5, 5.41) is 2.85. The summed E-state index contributed by atoms with van der Waals surface area (Å²) in [6, 6.07) is 0.394. The minimum Gasteiger partial charge on any atom is -0.465 e. The zero-order chi connectivity index (χ0) is 10.4. The van der Waals surface area contributed by atoms with Crippen LogP contribution in [-0.2, 0) is 14.3 Å². The molecule has 0 atom stereocenters. The molecule has 0 aromatic rings. The van der Waals surface area contributed by atoms with Crippen molar-refractivity contribution in [1.29, 1.82) is 0 Å². The predicted octanol–water partition coefficient (Wildman–Crippen LogP) is 0.561. The normalized spacial score (nSPS) is 14.9. The van der Waals surface area contributed by atoms with Gasteiger partial charge in [-0.25, -0.2) is 0 Å². The zero-order valence-corrected chi connectivity index (χ0v) is 9.06. The molecule has 0 aliphatic heterocycles. The smallest absolute Gasteiger partial charge is 0.315 e. The Morgan fingerprint density at radius 1 is 1.43 bits per heavy atom. The van der Waals surface area contributed by atoms with Crippen LogP contribution >= 0.6 is 11.8 Å². The van der Waals surface area contributed by atoms with Crippen molar-refractivity contribution in [3.63, 3.8) is 0 Å². The lowest BCUT2D eigenvalue weighted by Gasteiger charge is -2.02. The molecular weight excluding hydrogens is 202 g/mol. The molecule has 1 aliphatic carbocycles. The van der Waals surface area contributed by atoms with Crippen LogP contribution in [0, 0.1) is 0 Å². The SMILES string of the molecule is CCOC(=O)CSCC(=O)NC1CC1. The maximum absolute atomic E-state index is 11.1. The molecule has 14 heavy (non-hydrogen) atoms. The molecular formula is C9H15NO3S. The number of hydrogen-bond acceptors (Lipinski definition) is 4. The van der Waals surface area contributed by atoms with Crippen molar-refractivity contribution in [1.82, 2.24) is 5.32 Å². The maximum Gasteiger partial charge on any atom is 0.315 e. The van der Waals surface area contributed by atoms with Gasteiger partial charge in [0.25, 0.3) is 0 Å². The standard InChI is InChI=1S/C9H15NO3S/c1-2-13-9(12)6-14-5-8(11)10-7-3-4-7/h7H,2-6H2,1H3,(H,10,11). The molecule has 1 aliphatic rings. The Morgan fingerprint density at radius 3 is 2.71 bits per heavy atom. The molecule has 0 spiro atoms. The molecule has 0 saturated heterocycles. The van der Waals surface area contributed by atoms with Crippen molar-refractivity contribution in [3.05, 3.63) is 0 Å². The number of rotatable bonds is 6. The number of nitrogens with one attached hydrogen (secondary N) is 1. The first-order valence-electron chi connectivity index (χ1n) is 4.75. The van der Waals surface area contributed by atoms with Gasteiger partial charge in [0, 0.05) is 6.04 Å². The Labute approximate surface area is 87.8 Å². The third kappa shape index (κ3) is 5.11. The molecule has 1 amide bonds. The van der Waals surface area contributed by atoms with Gasteiger partial charge in [-0.15, -0.1) is 11.8 Å². The number of hydrogen-bond donors (Lipinski definition) is 1. The molecule has 4 nitrogen and oxygen atoms in total. The molecule has 1 rings (SSSR count). The summed E-state index contributed by atoms with van der Waals surface area (Å²) in [5.74, 6) is 0.361. The van der Waals surface area contributed by atoms with Gasteiger partial charge in [0.15, 0.2) is 0 Å². The Hall–Kier alpha value is -0.710. The van der Waals surface area contributed by atoms with E-state index < -0.39 is 0 Å². The van der Waals surface area contributed by atoms with E-state index in [1.54, 1.807) is 6.92 Å². The van der Waals surface area contributed by atoms with E-state index in [-0.39, 0.29) is 17.6 Å². The summed E-state index contributed by atoms with van der Waals surface area (Å²) in [6.07, 6.45) is 2.18. The number of carbonyl (C=O) groups is 2. The first-order valence-corrected chi connectivity index (χ1v) is 5.90. The van der Waals surface area contributed by atoms with Crippen molar-refractivity contribution in [3.8, 4) is 0 Å². The van der Waals surface area contributed by atoms with E-state index in [0.717, 1.165) is 12.8 Å². The van der Waals surface area contributed by atoms with Gasteiger partial charge in [0.1, 0.15) is 0 Å². The largest absolute Gasteiger partial charge is 0.465 e. The van der Waals surface area contributed by atoms with Gasteiger partial charge in [-0.05, 0) is 19.8 Å². The number of thioether (sulfide) groups is 1. The van der Waals surface area contributed by atoms with E-state index in [4.69, 9.17) is 4.74 Å². The summed E-state index contributed by atoms with van der Waals surface area (Å²) in [7, 11) is 0. The minimum atomic E-state index is -0.253. The molecule has 80 valence electrons. The summed E-state index contributed by atoms with van der Waals surface area (Å²) < 4.78 is 4.73. The Morgan fingerprint density at radius 2 is 2.14 bits per heavy atom. The quantitative estimate of drug-likeness (QED) is 0.661. The van der Waals surface area contributed by atoms with Crippen LogP contribution < -0.4 is 5.32 Å². The lowest BCUT2D eigenvalue weighted by Crippen LogP contribution is -2.27. The molecule has 1 N–H and O–H groups in total. The van der Waals surface area contributed by atoms with Crippen LogP contribution in [0.15, 0.2) is 0 Å². The van der Waals surface area contributed by atoms with Crippen LogP contribution in [0.25, 0.3) is 0 Å². The second-order valence-corrected chi connectivity index (χ2v) is 4.13. The van der Waals surface area contributed by atoms with E-state index in [1.807, 2.05) is 0 Å². The molecule has 0 aromatic heterocycles. The summed E-state index contributed by atoms with van der Waals surface area (Å²) in [4.78, 5) is 22.0. The third-order valence-corrected chi connectivity index (χ3v) is 2.61. The van der Waals surface area contributed by atoms with Crippen LogP contribution in [0.3, 0.4) is 0 Å². The van der Waals surface area contributed by atoms with E-state index in [1.165, 1.54) is 11.8 Å². The van der Waals surface area contributed by atoms with E-state index >= 15 is 0 Å². The zero-order valence-electron chi connectivity index (χ0n) is 8.25. The fraction of sp³-hybridized carbons (Fsp3) is 0.778. The number of esters is 1. The third-order valence-electron chi connectivity index (χ3n) is 1.70. The highest BCUT2D eigenvalue weighted by Gasteiger charge is 2.22. The van der Waals surface area contributed by atoms with Gasteiger partial charge in [-0.2, -0.15) is 0 Å². The average molecular weight is 217 g/mol. The summed E-state index contributed by atoms with van der Waals surface area (Å²) >= 11 is 1.29. The van der Waals surface area contributed by atoms with Gasteiger partial charge in [0.05, 0.1) is 18.1 Å². The minimum absolute atomic E-state index is 0.0156. The predicted molar refractivity (Wildman–Crippen MR) is 55.1 cm³/mol. The molecule has 0 heterocycles. The number of ether oxygens (including phenoxy) is 1. The summed E-state index contributed by atoms with van der Waals surface area (Å²) in [5.41, 5.74) is 0. The average Bonchev–Trinajstić information content (AvgIpc) is 2.88. The lowest BCUT2D eigenvalue weighted by molar-refractivity contribution is -0.139. The van der Waals surface area contributed by atoms with E-state index in [2.05, 4.69) is 5.32 Å². The van der Waals surface area contributed by atoms with Crippen LogP contribution in [-0.4, -0.2) is 36.0 Å². The van der Waals surface area contributed by atoms with Crippen molar-refractivity contribution in [2.24, 2.45) is 0 Å². The topological polar surface area (TPSA) is 55.4 Å². The van der Waals surface area contributed by atoms with Crippen LogP contribution in [0.5, 0.6) is 0 Å². The first kappa shape index (κ1) is 11.4. The highest BCUT2D eigenvalue weighted by Crippen LogP contribution is 2.18. The van der Waals surface area contributed by atoms with Gasteiger partial charge >= 0.3 is 5.97 Å². The monoisotopic (exact) mass is 217 g/mol. The fourth-order valence-electron chi connectivity index (χ4n) is 0.927. The molecule has 0 radical (unpaired) electrons. The highest BCUT2D eigenvalue weighted by atomic mass is 32.2. The molecule has 1 saturated carbocycles. The Kier molecular flexibility index (Phi) is 4.79.